The van der Waals surface area contributed by atoms with Crippen LogP contribution in [0.3, 0.4) is 0 Å². The molecule has 0 bridgehead atoms. The molecule has 0 amide bonds. The zero-order valence-electron chi connectivity index (χ0n) is 8.70. The predicted octanol–water partition coefficient (Wildman–Crippen LogP) is 3.66. The van der Waals surface area contributed by atoms with Crippen molar-refractivity contribution in [1.29, 1.82) is 5.41 Å². The minimum Gasteiger partial charge on any atom is -0.308 e. The molecule has 0 atom stereocenters. The van der Waals surface area contributed by atoms with Gasteiger partial charge in [-0.15, -0.1) is 0 Å². The van der Waals surface area contributed by atoms with Crippen LogP contribution in [0.15, 0.2) is 48.5 Å². The van der Waals surface area contributed by atoms with Gasteiger partial charge in [0.15, 0.2) is 0 Å². The van der Waals surface area contributed by atoms with E-state index in [1.165, 1.54) is 22.9 Å². The Labute approximate surface area is 89.9 Å². The molecule has 0 aliphatic heterocycles. The fourth-order valence-electron chi connectivity index (χ4n) is 1.66. The van der Waals surface area contributed by atoms with Gasteiger partial charge < -0.3 is 5.41 Å². The molecule has 0 aliphatic carbocycles. The van der Waals surface area contributed by atoms with Crippen molar-refractivity contribution in [3.63, 3.8) is 0 Å². The summed E-state index contributed by atoms with van der Waals surface area (Å²) < 4.78 is 0. The summed E-state index contributed by atoms with van der Waals surface area (Å²) in [4.78, 5) is 0. The Kier molecular flexibility index (Phi) is 2.64. The summed E-state index contributed by atoms with van der Waals surface area (Å²) in [6.07, 6.45) is 1.36. The van der Waals surface area contributed by atoms with E-state index >= 15 is 0 Å². The van der Waals surface area contributed by atoms with E-state index in [0.29, 0.717) is 0 Å². The Hall–Kier alpha value is -1.89. The highest BCUT2D eigenvalue weighted by atomic mass is 14.3. The molecule has 0 radical (unpaired) electrons. The molecule has 74 valence electrons. The summed E-state index contributed by atoms with van der Waals surface area (Å²) >= 11 is 0. The number of aryl methyl sites for hydroxylation is 1. The number of benzene rings is 2. The Morgan fingerprint density at radius 2 is 1.60 bits per heavy atom. The zero-order valence-corrected chi connectivity index (χ0v) is 8.70. The lowest BCUT2D eigenvalue weighted by atomic mass is 10.00. The van der Waals surface area contributed by atoms with Gasteiger partial charge in [-0.05, 0) is 29.2 Å². The smallest absolute Gasteiger partial charge is 0.0250 e. The lowest BCUT2D eigenvalue weighted by Crippen LogP contribution is -1.84. The maximum Gasteiger partial charge on any atom is 0.0250 e. The van der Waals surface area contributed by atoms with E-state index in [1.54, 1.807) is 0 Å². The molecule has 2 rings (SSSR count). The quantitative estimate of drug-likeness (QED) is 0.707. The summed E-state index contributed by atoms with van der Waals surface area (Å²) in [6.45, 7) is 2.11. The highest BCUT2D eigenvalue weighted by Gasteiger charge is 1.99. The van der Waals surface area contributed by atoms with E-state index in [0.717, 1.165) is 5.56 Å². The highest BCUT2D eigenvalue weighted by Crippen LogP contribution is 2.22. The Bertz CT molecular complexity index is 469. The lowest BCUT2D eigenvalue weighted by Gasteiger charge is -2.05. The van der Waals surface area contributed by atoms with E-state index in [-0.39, 0.29) is 0 Å². The van der Waals surface area contributed by atoms with Crippen LogP contribution in [0.5, 0.6) is 0 Å². The maximum absolute atomic E-state index is 7.14. The summed E-state index contributed by atoms with van der Waals surface area (Å²) in [7, 11) is 0. The van der Waals surface area contributed by atoms with E-state index in [9.17, 15) is 0 Å². The van der Waals surface area contributed by atoms with Gasteiger partial charge >= 0.3 is 0 Å². The predicted molar refractivity (Wildman–Crippen MR) is 64.5 cm³/mol. The van der Waals surface area contributed by atoms with Gasteiger partial charge in [0, 0.05) is 6.21 Å². The van der Waals surface area contributed by atoms with Crippen LogP contribution in [0.2, 0.25) is 0 Å². The minimum absolute atomic E-state index is 0.937. The molecular formula is C14H13N. The Morgan fingerprint density at radius 3 is 2.20 bits per heavy atom. The second-order valence-electron chi connectivity index (χ2n) is 3.58. The maximum atomic E-state index is 7.14. The summed E-state index contributed by atoms with van der Waals surface area (Å²) in [5.74, 6) is 0. The van der Waals surface area contributed by atoms with E-state index in [1.807, 2.05) is 24.3 Å². The molecule has 15 heavy (non-hydrogen) atoms. The molecule has 1 heteroatoms. The van der Waals surface area contributed by atoms with Gasteiger partial charge in [-0.25, -0.2) is 0 Å². The monoisotopic (exact) mass is 195 g/mol. The van der Waals surface area contributed by atoms with Gasteiger partial charge in [0.25, 0.3) is 0 Å². The van der Waals surface area contributed by atoms with Crippen molar-refractivity contribution in [1.82, 2.24) is 0 Å². The summed E-state index contributed by atoms with van der Waals surface area (Å²) in [5.41, 5.74) is 4.68. The van der Waals surface area contributed by atoms with E-state index in [4.69, 9.17) is 5.41 Å². The first-order chi connectivity index (χ1) is 7.31. The molecule has 0 unspecified atom stereocenters. The van der Waals surface area contributed by atoms with Crippen molar-refractivity contribution >= 4 is 6.21 Å². The zero-order chi connectivity index (χ0) is 10.7. The Morgan fingerprint density at radius 1 is 0.933 bits per heavy atom. The van der Waals surface area contributed by atoms with Gasteiger partial charge in [0.1, 0.15) is 0 Å². The van der Waals surface area contributed by atoms with Crippen LogP contribution in [0.25, 0.3) is 11.1 Å². The normalized spacial score (nSPS) is 9.93. The molecule has 0 aromatic heterocycles. The SMILES string of the molecule is Cc1ccccc1-c1ccc(C=N)cc1. The molecular weight excluding hydrogens is 182 g/mol. The summed E-state index contributed by atoms with van der Waals surface area (Å²) in [5, 5.41) is 7.14. The average Bonchev–Trinajstić information content (AvgIpc) is 2.30. The molecule has 0 saturated heterocycles. The van der Waals surface area contributed by atoms with Crippen LogP contribution in [-0.4, -0.2) is 6.21 Å². The molecule has 0 spiro atoms. The van der Waals surface area contributed by atoms with Crippen molar-refractivity contribution in [3.05, 3.63) is 59.7 Å². The Balaban J connectivity index is 2.46. The fraction of sp³-hybridized carbons (Fsp3) is 0.0714. The van der Waals surface area contributed by atoms with Crippen molar-refractivity contribution in [2.75, 3.05) is 0 Å². The van der Waals surface area contributed by atoms with Gasteiger partial charge in [-0.3, -0.25) is 0 Å². The number of nitrogens with one attached hydrogen (secondary N) is 1. The van der Waals surface area contributed by atoms with E-state index in [2.05, 4.69) is 31.2 Å². The van der Waals surface area contributed by atoms with Gasteiger partial charge in [0.05, 0.1) is 0 Å². The first-order valence-corrected chi connectivity index (χ1v) is 4.98. The standard InChI is InChI=1S/C14H13N/c1-11-4-2-3-5-14(11)13-8-6-12(10-15)7-9-13/h2-10,15H,1H3. The van der Waals surface area contributed by atoms with Crippen LogP contribution in [0.4, 0.5) is 0 Å². The van der Waals surface area contributed by atoms with Crippen LogP contribution in [0, 0.1) is 12.3 Å². The third-order valence-corrected chi connectivity index (χ3v) is 2.53. The van der Waals surface area contributed by atoms with E-state index < -0.39 is 0 Å². The van der Waals surface area contributed by atoms with Gasteiger partial charge in [-0.2, -0.15) is 0 Å². The summed E-state index contributed by atoms with van der Waals surface area (Å²) in [6, 6.07) is 16.4. The molecule has 0 fully saturated rings. The third-order valence-electron chi connectivity index (χ3n) is 2.53. The van der Waals surface area contributed by atoms with Gasteiger partial charge in [-0.1, -0.05) is 48.5 Å². The molecule has 2 aromatic rings. The van der Waals surface area contributed by atoms with Crippen LogP contribution < -0.4 is 0 Å². The average molecular weight is 195 g/mol. The van der Waals surface area contributed by atoms with Crippen LogP contribution in [0.1, 0.15) is 11.1 Å². The van der Waals surface area contributed by atoms with Crippen molar-refractivity contribution in [2.45, 2.75) is 6.92 Å². The third kappa shape index (κ3) is 1.96. The van der Waals surface area contributed by atoms with Crippen LogP contribution >= 0.6 is 0 Å². The number of hydrogen-bond donors (Lipinski definition) is 1. The van der Waals surface area contributed by atoms with Crippen molar-refractivity contribution < 1.29 is 0 Å². The lowest BCUT2D eigenvalue weighted by molar-refractivity contribution is 1.45. The number of rotatable bonds is 2. The largest absolute Gasteiger partial charge is 0.308 e. The van der Waals surface area contributed by atoms with Crippen molar-refractivity contribution in [3.8, 4) is 11.1 Å². The molecule has 1 nitrogen and oxygen atoms in total. The van der Waals surface area contributed by atoms with Crippen LogP contribution in [-0.2, 0) is 0 Å². The molecule has 0 heterocycles. The first kappa shape index (κ1) is 9.66. The molecule has 2 aromatic carbocycles. The first-order valence-electron chi connectivity index (χ1n) is 4.98. The number of hydrogen-bond acceptors (Lipinski definition) is 1. The van der Waals surface area contributed by atoms with Gasteiger partial charge in [0.2, 0.25) is 0 Å². The van der Waals surface area contributed by atoms with Crippen molar-refractivity contribution in [2.24, 2.45) is 0 Å². The molecule has 1 N–H and O–H groups in total. The second-order valence-corrected chi connectivity index (χ2v) is 3.58. The minimum atomic E-state index is 0.937. The molecule has 0 saturated carbocycles. The topological polar surface area (TPSA) is 23.9 Å². The molecule has 0 aliphatic rings. The fourth-order valence-corrected chi connectivity index (χ4v) is 1.66. The second kappa shape index (κ2) is 4.09. The highest BCUT2D eigenvalue weighted by molar-refractivity contribution is 5.79.